The largest absolute Gasteiger partial charge is 0.342 e. The molecule has 144 valence electrons. The van der Waals surface area contributed by atoms with Gasteiger partial charge in [0.1, 0.15) is 5.82 Å². The minimum absolute atomic E-state index is 0.220. The van der Waals surface area contributed by atoms with Crippen LogP contribution in [0.3, 0.4) is 0 Å². The van der Waals surface area contributed by atoms with Crippen LogP contribution in [-0.2, 0) is 11.2 Å². The van der Waals surface area contributed by atoms with Crippen molar-refractivity contribution in [2.45, 2.75) is 31.6 Å². The molecule has 1 aromatic heterocycles. The molecule has 0 unspecified atom stereocenters. The maximum Gasteiger partial charge on any atom is 0.241 e. The number of anilines is 1. The standard InChI is InChI=1S/C23H26N4O/c28-22(27-14-6-8-17-7-1-4-12-21(17)27)16-26-13-5-9-18(15-26)23-24-19-10-2-3-11-20(19)25-23/h1-4,7,10-12,18H,5-6,8-9,13-16H2,(H,24,25)/t18-/m1/s1. The third kappa shape index (κ3) is 3.31. The zero-order valence-corrected chi connectivity index (χ0v) is 16.1. The van der Waals surface area contributed by atoms with E-state index in [2.05, 4.69) is 34.1 Å². The molecule has 2 aliphatic rings. The summed E-state index contributed by atoms with van der Waals surface area (Å²) < 4.78 is 0. The number of hydrogen-bond donors (Lipinski definition) is 1. The van der Waals surface area contributed by atoms with Crippen LogP contribution < -0.4 is 4.90 Å². The lowest BCUT2D eigenvalue weighted by atomic mass is 9.97. The molecule has 2 aromatic carbocycles. The summed E-state index contributed by atoms with van der Waals surface area (Å²) in [6.07, 6.45) is 4.34. The van der Waals surface area contributed by atoms with Crippen molar-refractivity contribution in [3.8, 4) is 0 Å². The van der Waals surface area contributed by atoms with Crippen LogP contribution in [0, 0.1) is 0 Å². The van der Waals surface area contributed by atoms with Crippen molar-refractivity contribution in [1.29, 1.82) is 0 Å². The summed E-state index contributed by atoms with van der Waals surface area (Å²) in [6, 6.07) is 16.5. The Bertz CT molecular complexity index is 962. The van der Waals surface area contributed by atoms with Gasteiger partial charge in [0.15, 0.2) is 0 Å². The topological polar surface area (TPSA) is 52.2 Å². The summed E-state index contributed by atoms with van der Waals surface area (Å²) in [5.74, 6) is 1.64. The van der Waals surface area contributed by atoms with E-state index in [1.54, 1.807) is 0 Å². The highest BCUT2D eigenvalue weighted by molar-refractivity contribution is 5.96. The first kappa shape index (κ1) is 17.4. The average molecular weight is 374 g/mol. The predicted octanol–water partition coefficient (Wildman–Crippen LogP) is 3.72. The number of nitrogens with zero attached hydrogens (tertiary/aromatic N) is 3. The third-order valence-corrected chi connectivity index (χ3v) is 6.07. The van der Waals surface area contributed by atoms with Crippen LogP contribution in [0.2, 0.25) is 0 Å². The molecular formula is C23H26N4O. The minimum Gasteiger partial charge on any atom is -0.342 e. The number of likely N-dealkylation sites (tertiary alicyclic amines) is 1. The first-order valence-corrected chi connectivity index (χ1v) is 10.3. The molecule has 1 saturated heterocycles. The number of carbonyl (C=O) groups is 1. The van der Waals surface area contributed by atoms with Crippen LogP contribution in [0.4, 0.5) is 5.69 Å². The molecule has 0 spiro atoms. The highest BCUT2D eigenvalue weighted by atomic mass is 16.2. The maximum absolute atomic E-state index is 13.1. The van der Waals surface area contributed by atoms with E-state index in [9.17, 15) is 4.79 Å². The van der Waals surface area contributed by atoms with Gasteiger partial charge in [-0.1, -0.05) is 30.3 Å². The van der Waals surface area contributed by atoms with Gasteiger partial charge in [0.25, 0.3) is 0 Å². The summed E-state index contributed by atoms with van der Waals surface area (Å²) in [7, 11) is 0. The number of hydrogen-bond acceptors (Lipinski definition) is 3. The van der Waals surface area contributed by atoms with Crippen LogP contribution >= 0.6 is 0 Å². The van der Waals surface area contributed by atoms with Crippen molar-refractivity contribution >= 4 is 22.6 Å². The quantitative estimate of drug-likeness (QED) is 0.760. The zero-order chi connectivity index (χ0) is 18.9. The molecule has 1 N–H and O–H groups in total. The summed E-state index contributed by atoms with van der Waals surface area (Å²) in [4.78, 5) is 25.6. The van der Waals surface area contributed by atoms with Crippen molar-refractivity contribution < 1.29 is 4.79 Å². The van der Waals surface area contributed by atoms with Crippen molar-refractivity contribution in [3.63, 3.8) is 0 Å². The van der Waals surface area contributed by atoms with E-state index < -0.39 is 0 Å². The van der Waals surface area contributed by atoms with E-state index >= 15 is 0 Å². The first-order valence-electron chi connectivity index (χ1n) is 10.3. The Kier molecular flexibility index (Phi) is 4.61. The lowest BCUT2D eigenvalue weighted by molar-refractivity contribution is -0.120. The molecule has 5 rings (SSSR count). The Hall–Kier alpha value is -2.66. The number of H-pyrrole nitrogens is 1. The number of aromatic amines is 1. The number of aromatic nitrogens is 2. The third-order valence-electron chi connectivity index (χ3n) is 6.07. The molecule has 1 fully saturated rings. The SMILES string of the molecule is O=C(CN1CCC[C@@H](c2nc3ccccc3[nH]2)C1)N1CCCc2ccccc21. The van der Waals surface area contributed by atoms with Gasteiger partial charge in [-0.25, -0.2) is 4.98 Å². The highest BCUT2D eigenvalue weighted by Gasteiger charge is 2.28. The summed E-state index contributed by atoms with van der Waals surface area (Å²) in [5.41, 5.74) is 4.51. The molecule has 1 amide bonds. The van der Waals surface area contributed by atoms with Gasteiger partial charge in [0, 0.05) is 24.7 Å². The molecule has 0 radical (unpaired) electrons. The number of para-hydroxylation sites is 3. The molecule has 3 aromatic rings. The number of benzene rings is 2. The Morgan fingerprint density at radius 1 is 1.07 bits per heavy atom. The molecule has 0 bridgehead atoms. The Morgan fingerprint density at radius 2 is 1.93 bits per heavy atom. The predicted molar refractivity (Wildman–Crippen MR) is 112 cm³/mol. The van der Waals surface area contributed by atoms with E-state index in [0.29, 0.717) is 12.5 Å². The van der Waals surface area contributed by atoms with E-state index in [1.165, 1.54) is 5.56 Å². The van der Waals surface area contributed by atoms with Crippen LogP contribution in [0.15, 0.2) is 48.5 Å². The van der Waals surface area contributed by atoms with Gasteiger partial charge in [-0.3, -0.25) is 9.69 Å². The van der Waals surface area contributed by atoms with Crippen LogP contribution in [0.1, 0.15) is 36.6 Å². The highest BCUT2D eigenvalue weighted by Crippen LogP contribution is 2.29. The van der Waals surface area contributed by atoms with E-state index in [1.807, 2.05) is 29.2 Å². The lowest BCUT2D eigenvalue weighted by Crippen LogP contribution is -2.45. The fourth-order valence-corrected chi connectivity index (χ4v) is 4.66. The molecule has 3 heterocycles. The minimum atomic E-state index is 0.220. The number of piperidine rings is 1. The fraction of sp³-hybridized carbons (Fsp3) is 0.391. The molecule has 2 aliphatic heterocycles. The van der Waals surface area contributed by atoms with Gasteiger partial charge in [0.05, 0.1) is 17.6 Å². The van der Waals surface area contributed by atoms with E-state index in [0.717, 1.165) is 67.9 Å². The Balaban J connectivity index is 1.29. The number of carbonyl (C=O) groups excluding carboxylic acids is 1. The van der Waals surface area contributed by atoms with Crippen LogP contribution in [0.5, 0.6) is 0 Å². The second kappa shape index (κ2) is 7.40. The number of fused-ring (bicyclic) bond motifs is 2. The molecule has 0 aliphatic carbocycles. The van der Waals surface area contributed by atoms with Crippen molar-refractivity contribution in [3.05, 3.63) is 59.9 Å². The van der Waals surface area contributed by atoms with Gasteiger partial charge in [0.2, 0.25) is 5.91 Å². The summed E-state index contributed by atoms with van der Waals surface area (Å²) >= 11 is 0. The Morgan fingerprint density at radius 3 is 2.86 bits per heavy atom. The fourth-order valence-electron chi connectivity index (χ4n) is 4.66. The second-order valence-electron chi connectivity index (χ2n) is 7.99. The normalized spacial score (nSPS) is 20.3. The molecule has 5 nitrogen and oxygen atoms in total. The molecule has 1 atom stereocenters. The zero-order valence-electron chi connectivity index (χ0n) is 16.1. The number of amides is 1. The second-order valence-corrected chi connectivity index (χ2v) is 7.99. The number of aryl methyl sites for hydroxylation is 1. The van der Waals surface area contributed by atoms with E-state index in [4.69, 9.17) is 4.98 Å². The van der Waals surface area contributed by atoms with Gasteiger partial charge >= 0.3 is 0 Å². The first-order chi connectivity index (χ1) is 13.8. The molecule has 0 saturated carbocycles. The molecule has 28 heavy (non-hydrogen) atoms. The number of rotatable bonds is 3. The van der Waals surface area contributed by atoms with Crippen molar-refractivity contribution in [1.82, 2.24) is 14.9 Å². The maximum atomic E-state index is 13.1. The Labute approximate surface area is 165 Å². The van der Waals surface area contributed by atoms with Gasteiger partial charge in [-0.05, 0) is 56.0 Å². The molecular weight excluding hydrogens is 348 g/mol. The van der Waals surface area contributed by atoms with Gasteiger partial charge in [-0.2, -0.15) is 0 Å². The monoisotopic (exact) mass is 374 g/mol. The molecule has 5 heteroatoms. The summed E-state index contributed by atoms with van der Waals surface area (Å²) in [5, 5.41) is 0. The van der Waals surface area contributed by atoms with Gasteiger partial charge < -0.3 is 9.88 Å². The summed E-state index contributed by atoms with van der Waals surface area (Å²) in [6.45, 7) is 3.20. The van der Waals surface area contributed by atoms with Crippen LogP contribution in [0.25, 0.3) is 11.0 Å². The number of nitrogens with one attached hydrogen (secondary N) is 1. The lowest BCUT2D eigenvalue weighted by Gasteiger charge is -2.35. The average Bonchev–Trinajstić information content (AvgIpc) is 3.18. The number of imidazole rings is 1. The van der Waals surface area contributed by atoms with Gasteiger partial charge in [-0.15, -0.1) is 0 Å². The smallest absolute Gasteiger partial charge is 0.241 e. The van der Waals surface area contributed by atoms with Crippen molar-refractivity contribution in [2.24, 2.45) is 0 Å². The van der Waals surface area contributed by atoms with Crippen LogP contribution in [-0.4, -0.2) is 47.0 Å². The van der Waals surface area contributed by atoms with Crippen molar-refractivity contribution in [2.75, 3.05) is 31.1 Å². The van der Waals surface area contributed by atoms with E-state index in [-0.39, 0.29) is 5.91 Å².